The van der Waals surface area contributed by atoms with E-state index in [1.807, 2.05) is 31.4 Å². The number of nitrogens with two attached hydrogens (primary N) is 1. The van der Waals surface area contributed by atoms with Crippen molar-refractivity contribution in [2.24, 2.45) is 11.7 Å². The fourth-order valence-electron chi connectivity index (χ4n) is 1.12. The first-order chi connectivity index (χ1) is 7.09. The predicted molar refractivity (Wildman–Crippen MR) is 63.6 cm³/mol. The third-order valence-corrected chi connectivity index (χ3v) is 3.19. The lowest BCUT2D eigenvalue weighted by Gasteiger charge is -2.14. The average Bonchev–Trinajstić information content (AvgIpc) is 2.66. The minimum atomic E-state index is -0.0478. The van der Waals surface area contributed by atoms with E-state index in [4.69, 9.17) is 5.73 Å². The van der Waals surface area contributed by atoms with Crippen LogP contribution < -0.4 is 11.1 Å². The van der Waals surface area contributed by atoms with E-state index in [9.17, 15) is 4.79 Å². The van der Waals surface area contributed by atoms with E-state index in [1.165, 1.54) is 4.88 Å². The minimum Gasteiger partial charge on any atom is -0.351 e. The van der Waals surface area contributed by atoms with Gasteiger partial charge in [0.1, 0.15) is 0 Å². The Bertz CT molecular complexity index is 296. The van der Waals surface area contributed by atoms with Gasteiger partial charge >= 0.3 is 0 Å². The molecule has 1 amide bonds. The molecule has 1 atom stereocenters. The first-order valence-corrected chi connectivity index (χ1v) is 6.02. The van der Waals surface area contributed by atoms with Crippen LogP contribution in [0.5, 0.6) is 0 Å². The second-order valence-corrected chi connectivity index (χ2v) is 5.00. The molecule has 0 saturated carbocycles. The number of hydrogen-bond donors (Lipinski definition) is 2. The highest BCUT2D eigenvalue weighted by Crippen LogP contribution is 2.08. The molecule has 0 radical (unpaired) electrons. The maximum atomic E-state index is 11.5. The van der Waals surface area contributed by atoms with Crippen molar-refractivity contribution in [2.75, 3.05) is 0 Å². The largest absolute Gasteiger partial charge is 0.351 e. The SMILES string of the molecule is CC(C)C(N)CC(=O)NCc1cccs1. The molecule has 84 valence electrons. The number of nitrogens with one attached hydrogen (secondary N) is 1. The maximum absolute atomic E-state index is 11.5. The Balaban J connectivity index is 2.25. The molecule has 0 spiro atoms. The zero-order chi connectivity index (χ0) is 11.3. The Kier molecular flexibility index (Phi) is 4.78. The van der Waals surface area contributed by atoms with Gasteiger partial charge in [-0.15, -0.1) is 11.3 Å². The van der Waals surface area contributed by atoms with Crippen LogP contribution >= 0.6 is 11.3 Å². The molecule has 1 rings (SSSR count). The minimum absolute atomic E-state index is 0.0320. The van der Waals surface area contributed by atoms with Crippen molar-refractivity contribution in [3.8, 4) is 0 Å². The Morgan fingerprint density at radius 2 is 2.33 bits per heavy atom. The van der Waals surface area contributed by atoms with Gasteiger partial charge < -0.3 is 11.1 Å². The molecule has 0 aliphatic carbocycles. The molecule has 3 nitrogen and oxygen atoms in total. The number of hydrogen-bond acceptors (Lipinski definition) is 3. The number of thiophene rings is 1. The van der Waals surface area contributed by atoms with Gasteiger partial charge in [-0.1, -0.05) is 19.9 Å². The summed E-state index contributed by atoms with van der Waals surface area (Å²) in [5, 5.41) is 4.86. The maximum Gasteiger partial charge on any atom is 0.221 e. The summed E-state index contributed by atoms with van der Waals surface area (Å²) in [7, 11) is 0. The zero-order valence-corrected chi connectivity index (χ0v) is 10.0. The van der Waals surface area contributed by atoms with Crippen LogP contribution in [0.1, 0.15) is 25.1 Å². The van der Waals surface area contributed by atoms with Gasteiger partial charge in [-0.3, -0.25) is 4.79 Å². The van der Waals surface area contributed by atoms with Crippen LogP contribution in [0.3, 0.4) is 0 Å². The summed E-state index contributed by atoms with van der Waals surface area (Å²) in [6.45, 7) is 4.66. The van der Waals surface area contributed by atoms with Crippen molar-refractivity contribution in [1.82, 2.24) is 5.32 Å². The third-order valence-electron chi connectivity index (χ3n) is 2.32. The van der Waals surface area contributed by atoms with Crippen LogP contribution in [-0.4, -0.2) is 11.9 Å². The van der Waals surface area contributed by atoms with Crippen LogP contribution in [0.2, 0.25) is 0 Å². The normalized spacial score (nSPS) is 12.8. The van der Waals surface area contributed by atoms with E-state index < -0.39 is 0 Å². The molecule has 0 aliphatic rings. The lowest BCUT2D eigenvalue weighted by molar-refractivity contribution is -0.121. The van der Waals surface area contributed by atoms with Crippen LogP contribution in [-0.2, 0) is 11.3 Å². The van der Waals surface area contributed by atoms with Crippen LogP contribution in [0, 0.1) is 5.92 Å². The van der Waals surface area contributed by atoms with E-state index in [0.29, 0.717) is 18.9 Å². The van der Waals surface area contributed by atoms with Crippen molar-refractivity contribution in [3.63, 3.8) is 0 Å². The van der Waals surface area contributed by atoms with E-state index in [-0.39, 0.29) is 11.9 Å². The van der Waals surface area contributed by atoms with E-state index in [2.05, 4.69) is 5.32 Å². The van der Waals surface area contributed by atoms with Gasteiger partial charge in [0.2, 0.25) is 5.91 Å². The molecule has 1 heterocycles. The van der Waals surface area contributed by atoms with Gasteiger partial charge in [-0.2, -0.15) is 0 Å². The van der Waals surface area contributed by atoms with Crippen molar-refractivity contribution in [3.05, 3.63) is 22.4 Å². The van der Waals surface area contributed by atoms with Crippen molar-refractivity contribution >= 4 is 17.2 Å². The van der Waals surface area contributed by atoms with Gasteiger partial charge in [-0.25, -0.2) is 0 Å². The van der Waals surface area contributed by atoms with Gasteiger partial charge in [0, 0.05) is 17.3 Å². The molecule has 0 aromatic carbocycles. The molecule has 1 unspecified atom stereocenters. The van der Waals surface area contributed by atoms with Gasteiger partial charge in [0.05, 0.1) is 6.54 Å². The monoisotopic (exact) mass is 226 g/mol. The summed E-state index contributed by atoms with van der Waals surface area (Å²) < 4.78 is 0. The molecule has 1 aromatic rings. The first kappa shape index (κ1) is 12.2. The highest BCUT2D eigenvalue weighted by Gasteiger charge is 2.12. The molecule has 15 heavy (non-hydrogen) atoms. The predicted octanol–water partition coefficient (Wildman–Crippen LogP) is 1.74. The summed E-state index contributed by atoms with van der Waals surface area (Å²) >= 11 is 1.64. The third kappa shape index (κ3) is 4.44. The summed E-state index contributed by atoms with van der Waals surface area (Å²) in [5.74, 6) is 0.377. The summed E-state index contributed by atoms with van der Waals surface area (Å²) in [4.78, 5) is 12.6. The molecule has 3 N–H and O–H groups in total. The Morgan fingerprint density at radius 3 is 2.87 bits per heavy atom. The lowest BCUT2D eigenvalue weighted by atomic mass is 10.0. The van der Waals surface area contributed by atoms with Gasteiger partial charge in [0.25, 0.3) is 0 Å². The summed E-state index contributed by atoms with van der Waals surface area (Å²) in [5.41, 5.74) is 5.81. The van der Waals surface area contributed by atoms with Crippen LogP contribution in [0.4, 0.5) is 0 Å². The van der Waals surface area contributed by atoms with E-state index >= 15 is 0 Å². The van der Waals surface area contributed by atoms with Crippen molar-refractivity contribution < 1.29 is 4.79 Å². The summed E-state index contributed by atoms with van der Waals surface area (Å²) in [6, 6.07) is 3.94. The number of rotatable bonds is 5. The average molecular weight is 226 g/mol. The summed E-state index contributed by atoms with van der Waals surface area (Å²) in [6.07, 6.45) is 0.406. The first-order valence-electron chi connectivity index (χ1n) is 5.14. The second-order valence-electron chi connectivity index (χ2n) is 3.97. The molecule has 0 bridgehead atoms. The van der Waals surface area contributed by atoms with Crippen molar-refractivity contribution in [2.45, 2.75) is 32.9 Å². The quantitative estimate of drug-likeness (QED) is 0.803. The zero-order valence-electron chi connectivity index (χ0n) is 9.19. The fourth-order valence-corrected chi connectivity index (χ4v) is 1.77. The second kappa shape index (κ2) is 5.88. The molecular formula is C11H18N2OS. The molecule has 0 fully saturated rings. The topological polar surface area (TPSA) is 55.1 Å². The molecule has 4 heteroatoms. The van der Waals surface area contributed by atoms with E-state index in [0.717, 1.165) is 0 Å². The fraction of sp³-hybridized carbons (Fsp3) is 0.545. The Labute approximate surface area is 94.7 Å². The number of amides is 1. The van der Waals surface area contributed by atoms with Gasteiger partial charge in [-0.05, 0) is 17.4 Å². The smallest absolute Gasteiger partial charge is 0.221 e. The standard InChI is InChI=1S/C11H18N2OS/c1-8(2)10(12)6-11(14)13-7-9-4-3-5-15-9/h3-5,8,10H,6-7,12H2,1-2H3,(H,13,14). The number of carbonyl (C=O) groups excluding carboxylic acids is 1. The molecular weight excluding hydrogens is 208 g/mol. The highest BCUT2D eigenvalue weighted by atomic mass is 32.1. The molecule has 0 saturated heterocycles. The van der Waals surface area contributed by atoms with Crippen molar-refractivity contribution in [1.29, 1.82) is 0 Å². The molecule has 1 aromatic heterocycles. The van der Waals surface area contributed by atoms with Crippen LogP contribution in [0.15, 0.2) is 17.5 Å². The lowest BCUT2D eigenvalue weighted by Crippen LogP contribution is -2.34. The van der Waals surface area contributed by atoms with Crippen LogP contribution in [0.25, 0.3) is 0 Å². The number of carbonyl (C=O) groups is 1. The molecule has 0 aliphatic heterocycles. The highest BCUT2D eigenvalue weighted by molar-refractivity contribution is 7.09. The Hall–Kier alpha value is -0.870. The van der Waals surface area contributed by atoms with E-state index in [1.54, 1.807) is 11.3 Å². The van der Waals surface area contributed by atoms with Gasteiger partial charge in [0.15, 0.2) is 0 Å². The Morgan fingerprint density at radius 1 is 1.60 bits per heavy atom.